The summed E-state index contributed by atoms with van der Waals surface area (Å²) in [6.07, 6.45) is 0.413. The van der Waals surface area contributed by atoms with Crippen molar-refractivity contribution in [1.82, 2.24) is 10.2 Å². The maximum atomic E-state index is 11.6. The highest BCUT2D eigenvalue weighted by atomic mass is 16.1. The lowest BCUT2D eigenvalue weighted by Crippen LogP contribution is -2.33. The third kappa shape index (κ3) is 5.36. The molecule has 0 atom stereocenters. The van der Waals surface area contributed by atoms with Crippen molar-refractivity contribution < 1.29 is 4.79 Å². The summed E-state index contributed by atoms with van der Waals surface area (Å²) in [5.74, 6) is 0.0549. The van der Waals surface area contributed by atoms with Crippen molar-refractivity contribution in [3.8, 4) is 0 Å². The van der Waals surface area contributed by atoms with E-state index in [9.17, 15) is 4.79 Å². The molecular formula is C13H21N3O. The van der Waals surface area contributed by atoms with Gasteiger partial charge >= 0.3 is 0 Å². The van der Waals surface area contributed by atoms with Gasteiger partial charge in [0.05, 0.1) is 6.42 Å². The first-order chi connectivity index (χ1) is 8.11. The van der Waals surface area contributed by atoms with Crippen LogP contribution in [0, 0.1) is 0 Å². The molecule has 17 heavy (non-hydrogen) atoms. The normalized spacial score (nSPS) is 10.5. The Kier molecular flexibility index (Phi) is 5.49. The third-order valence-electron chi connectivity index (χ3n) is 2.70. The number of nitrogen functional groups attached to an aromatic ring is 1. The van der Waals surface area contributed by atoms with E-state index in [2.05, 4.69) is 17.1 Å². The number of nitrogens with two attached hydrogens (primary N) is 1. The van der Waals surface area contributed by atoms with E-state index >= 15 is 0 Å². The second-order valence-corrected chi connectivity index (χ2v) is 4.16. The largest absolute Gasteiger partial charge is 0.399 e. The number of hydrogen-bond acceptors (Lipinski definition) is 3. The quantitative estimate of drug-likeness (QED) is 0.720. The minimum atomic E-state index is 0.0549. The Bertz CT molecular complexity index is 348. The lowest BCUT2D eigenvalue weighted by molar-refractivity contribution is -0.120. The lowest BCUT2D eigenvalue weighted by atomic mass is 10.1. The van der Waals surface area contributed by atoms with Gasteiger partial charge in [0.25, 0.3) is 0 Å². The van der Waals surface area contributed by atoms with E-state index in [-0.39, 0.29) is 5.91 Å². The van der Waals surface area contributed by atoms with Crippen molar-refractivity contribution in [1.29, 1.82) is 0 Å². The van der Waals surface area contributed by atoms with E-state index < -0.39 is 0 Å². The molecule has 0 heterocycles. The van der Waals surface area contributed by atoms with Gasteiger partial charge in [-0.3, -0.25) is 4.79 Å². The molecule has 3 N–H and O–H groups in total. The fraction of sp³-hybridized carbons (Fsp3) is 0.462. The lowest BCUT2D eigenvalue weighted by Gasteiger charge is -2.13. The first-order valence-electron chi connectivity index (χ1n) is 5.91. The van der Waals surface area contributed by atoms with Crippen LogP contribution in [0.25, 0.3) is 0 Å². The maximum Gasteiger partial charge on any atom is 0.224 e. The SMILES string of the molecule is CCN(C)CCNC(=O)Cc1ccc(N)cc1. The Labute approximate surface area is 103 Å². The highest BCUT2D eigenvalue weighted by molar-refractivity contribution is 5.78. The minimum absolute atomic E-state index is 0.0549. The van der Waals surface area contributed by atoms with Crippen molar-refractivity contribution in [3.63, 3.8) is 0 Å². The van der Waals surface area contributed by atoms with Crippen LogP contribution in [0.4, 0.5) is 5.69 Å². The van der Waals surface area contributed by atoms with E-state index in [0.29, 0.717) is 13.0 Å². The maximum absolute atomic E-state index is 11.6. The van der Waals surface area contributed by atoms with Crippen LogP contribution in [0.3, 0.4) is 0 Å². The second-order valence-electron chi connectivity index (χ2n) is 4.16. The molecule has 0 unspecified atom stereocenters. The molecule has 0 radical (unpaired) electrons. The summed E-state index contributed by atoms with van der Waals surface area (Å²) < 4.78 is 0. The van der Waals surface area contributed by atoms with Crippen LogP contribution >= 0.6 is 0 Å². The molecule has 0 saturated heterocycles. The predicted octanol–water partition coefficient (Wildman–Crippen LogP) is 0.879. The van der Waals surface area contributed by atoms with Crippen LogP contribution in [0.15, 0.2) is 24.3 Å². The fourth-order valence-electron chi connectivity index (χ4n) is 1.43. The van der Waals surface area contributed by atoms with Gasteiger partial charge in [0.1, 0.15) is 0 Å². The van der Waals surface area contributed by atoms with Gasteiger partial charge in [0.15, 0.2) is 0 Å². The van der Waals surface area contributed by atoms with Gasteiger partial charge in [-0.25, -0.2) is 0 Å². The van der Waals surface area contributed by atoms with Crippen LogP contribution in [0.1, 0.15) is 12.5 Å². The minimum Gasteiger partial charge on any atom is -0.399 e. The van der Waals surface area contributed by atoms with Gasteiger partial charge in [0, 0.05) is 18.8 Å². The zero-order chi connectivity index (χ0) is 12.7. The van der Waals surface area contributed by atoms with Crippen molar-refractivity contribution in [3.05, 3.63) is 29.8 Å². The number of anilines is 1. The molecule has 0 aliphatic carbocycles. The van der Waals surface area contributed by atoms with E-state index in [4.69, 9.17) is 5.73 Å². The van der Waals surface area contributed by atoms with Crippen LogP contribution in [0.2, 0.25) is 0 Å². The van der Waals surface area contributed by atoms with E-state index in [1.165, 1.54) is 0 Å². The Morgan fingerprint density at radius 3 is 2.59 bits per heavy atom. The molecule has 1 aromatic rings. The molecule has 1 rings (SSSR count). The summed E-state index contributed by atoms with van der Waals surface area (Å²) in [7, 11) is 2.03. The topological polar surface area (TPSA) is 58.4 Å². The standard InChI is InChI=1S/C13H21N3O/c1-3-16(2)9-8-15-13(17)10-11-4-6-12(14)7-5-11/h4-7H,3,8-10,14H2,1-2H3,(H,15,17). The van der Waals surface area contributed by atoms with Crippen LogP contribution in [-0.2, 0) is 11.2 Å². The van der Waals surface area contributed by atoms with Crippen LogP contribution in [-0.4, -0.2) is 37.5 Å². The van der Waals surface area contributed by atoms with E-state index in [0.717, 1.165) is 24.3 Å². The third-order valence-corrected chi connectivity index (χ3v) is 2.70. The van der Waals surface area contributed by atoms with E-state index in [1.807, 2.05) is 31.3 Å². The number of rotatable bonds is 6. The van der Waals surface area contributed by atoms with Crippen molar-refractivity contribution in [2.75, 3.05) is 32.4 Å². The van der Waals surface area contributed by atoms with Gasteiger partial charge in [0.2, 0.25) is 5.91 Å². The molecular weight excluding hydrogens is 214 g/mol. The number of carbonyl (C=O) groups excluding carboxylic acids is 1. The Hall–Kier alpha value is -1.55. The molecule has 0 spiro atoms. The Morgan fingerprint density at radius 1 is 1.35 bits per heavy atom. The summed E-state index contributed by atoms with van der Waals surface area (Å²) in [5.41, 5.74) is 7.29. The predicted molar refractivity (Wildman–Crippen MR) is 70.7 cm³/mol. The molecule has 4 heteroatoms. The first kappa shape index (κ1) is 13.5. The number of amides is 1. The molecule has 0 aromatic heterocycles. The monoisotopic (exact) mass is 235 g/mol. The second kappa shape index (κ2) is 6.91. The number of hydrogen-bond donors (Lipinski definition) is 2. The van der Waals surface area contributed by atoms with Gasteiger partial charge in [-0.2, -0.15) is 0 Å². The van der Waals surface area contributed by atoms with Crippen molar-refractivity contribution >= 4 is 11.6 Å². The number of carbonyl (C=O) groups is 1. The molecule has 4 nitrogen and oxygen atoms in total. The fourth-order valence-corrected chi connectivity index (χ4v) is 1.43. The van der Waals surface area contributed by atoms with Crippen molar-refractivity contribution in [2.24, 2.45) is 0 Å². The average Bonchev–Trinajstić information content (AvgIpc) is 2.32. The smallest absolute Gasteiger partial charge is 0.224 e. The molecule has 0 fully saturated rings. The van der Waals surface area contributed by atoms with Crippen LogP contribution in [0.5, 0.6) is 0 Å². The highest BCUT2D eigenvalue weighted by Crippen LogP contribution is 2.05. The van der Waals surface area contributed by atoms with Gasteiger partial charge in [-0.15, -0.1) is 0 Å². The molecule has 94 valence electrons. The average molecular weight is 235 g/mol. The Balaban J connectivity index is 2.27. The van der Waals surface area contributed by atoms with Crippen LogP contribution < -0.4 is 11.1 Å². The zero-order valence-electron chi connectivity index (χ0n) is 10.6. The summed E-state index contributed by atoms with van der Waals surface area (Å²) in [5, 5.41) is 2.90. The summed E-state index contributed by atoms with van der Waals surface area (Å²) >= 11 is 0. The zero-order valence-corrected chi connectivity index (χ0v) is 10.6. The molecule has 0 aliphatic rings. The molecule has 1 aromatic carbocycles. The number of nitrogens with one attached hydrogen (secondary N) is 1. The molecule has 1 amide bonds. The first-order valence-corrected chi connectivity index (χ1v) is 5.91. The highest BCUT2D eigenvalue weighted by Gasteiger charge is 2.03. The van der Waals surface area contributed by atoms with Gasteiger partial charge < -0.3 is 16.0 Å². The van der Waals surface area contributed by atoms with Gasteiger partial charge in [-0.05, 0) is 31.3 Å². The molecule has 0 saturated carbocycles. The molecule has 0 bridgehead atoms. The summed E-state index contributed by atoms with van der Waals surface area (Å²) in [6, 6.07) is 7.39. The van der Waals surface area contributed by atoms with Crippen molar-refractivity contribution in [2.45, 2.75) is 13.3 Å². The Morgan fingerprint density at radius 2 is 2.00 bits per heavy atom. The summed E-state index contributed by atoms with van der Waals surface area (Å²) in [6.45, 7) is 4.66. The summed E-state index contributed by atoms with van der Waals surface area (Å²) in [4.78, 5) is 13.8. The van der Waals surface area contributed by atoms with E-state index in [1.54, 1.807) is 0 Å². The number of benzene rings is 1. The number of nitrogens with zero attached hydrogens (tertiary/aromatic N) is 1. The number of likely N-dealkylation sites (N-methyl/N-ethyl adjacent to an activating group) is 1. The molecule has 0 aliphatic heterocycles. The van der Waals surface area contributed by atoms with Gasteiger partial charge in [-0.1, -0.05) is 19.1 Å².